The largest absolute Gasteiger partial charge is 0.493 e. The molecule has 0 radical (unpaired) electrons. The number of nitrogens with zero attached hydrogens (tertiary/aromatic N) is 2. The van der Waals surface area contributed by atoms with Gasteiger partial charge in [-0.2, -0.15) is 0 Å². The van der Waals surface area contributed by atoms with Gasteiger partial charge in [-0.05, 0) is 42.8 Å². The number of urea groups is 1. The molecule has 0 atom stereocenters. The number of nitro benzene ring substituents is 1. The van der Waals surface area contributed by atoms with E-state index in [0.29, 0.717) is 23.7 Å². The molecule has 1 N–H and O–H groups in total. The van der Waals surface area contributed by atoms with Gasteiger partial charge in [0.1, 0.15) is 5.57 Å². The van der Waals surface area contributed by atoms with Crippen LogP contribution >= 0.6 is 0 Å². The van der Waals surface area contributed by atoms with Crippen LogP contribution in [0.25, 0.3) is 6.08 Å². The summed E-state index contributed by atoms with van der Waals surface area (Å²) in [5, 5.41) is 12.9. The number of non-ortho nitro benzene ring substituents is 1. The zero-order valence-electron chi connectivity index (χ0n) is 16.1. The zero-order chi connectivity index (χ0) is 21.8. The normalized spacial score (nSPS) is 15.2. The minimum Gasteiger partial charge on any atom is -0.493 e. The first-order chi connectivity index (χ1) is 14.3. The fourth-order valence-corrected chi connectivity index (χ4v) is 2.83. The number of rotatable bonds is 6. The van der Waals surface area contributed by atoms with Crippen LogP contribution in [0.4, 0.5) is 16.2 Å². The monoisotopic (exact) mass is 411 g/mol. The lowest BCUT2D eigenvalue weighted by Crippen LogP contribution is -2.54. The van der Waals surface area contributed by atoms with Crippen LogP contribution in [0.2, 0.25) is 0 Å². The van der Waals surface area contributed by atoms with E-state index in [-0.39, 0.29) is 16.9 Å². The number of imide groups is 2. The van der Waals surface area contributed by atoms with Gasteiger partial charge in [0.2, 0.25) is 0 Å². The van der Waals surface area contributed by atoms with E-state index in [0.717, 1.165) is 17.0 Å². The van der Waals surface area contributed by atoms with Gasteiger partial charge < -0.3 is 9.47 Å². The van der Waals surface area contributed by atoms with Gasteiger partial charge in [-0.3, -0.25) is 25.0 Å². The van der Waals surface area contributed by atoms with E-state index in [2.05, 4.69) is 5.32 Å². The minimum absolute atomic E-state index is 0.0887. The maximum absolute atomic E-state index is 12.9. The Balaban J connectivity index is 1.97. The van der Waals surface area contributed by atoms with E-state index < -0.39 is 22.8 Å². The lowest BCUT2D eigenvalue weighted by molar-refractivity contribution is -0.384. The highest BCUT2D eigenvalue weighted by Gasteiger charge is 2.37. The molecule has 0 aromatic heterocycles. The van der Waals surface area contributed by atoms with Crippen molar-refractivity contribution in [3.8, 4) is 11.5 Å². The van der Waals surface area contributed by atoms with Gasteiger partial charge in [-0.1, -0.05) is 6.07 Å². The number of nitro groups is 1. The van der Waals surface area contributed by atoms with Crippen LogP contribution in [0.3, 0.4) is 0 Å². The third-order valence-electron chi connectivity index (χ3n) is 4.22. The predicted molar refractivity (Wildman–Crippen MR) is 106 cm³/mol. The molecule has 1 heterocycles. The maximum atomic E-state index is 12.9. The van der Waals surface area contributed by atoms with Gasteiger partial charge in [0.15, 0.2) is 11.5 Å². The van der Waals surface area contributed by atoms with Gasteiger partial charge >= 0.3 is 6.03 Å². The predicted octanol–water partition coefficient (Wildman–Crippen LogP) is 2.67. The first-order valence-corrected chi connectivity index (χ1v) is 8.82. The summed E-state index contributed by atoms with van der Waals surface area (Å²) < 4.78 is 10.7. The summed E-state index contributed by atoms with van der Waals surface area (Å²) in [6, 6.07) is 8.74. The second-order valence-corrected chi connectivity index (χ2v) is 6.07. The van der Waals surface area contributed by atoms with Crippen LogP contribution < -0.4 is 19.7 Å². The Hall–Kier alpha value is -4.21. The summed E-state index contributed by atoms with van der Waals surface area (Å²) in [5.41, 5.74) is 0.0914. The fraction of sp³-hybridized carbons (Fsp3) is 0.150. The van der Waals surface area contributed by atoms with E-state index in [1.807, 2.05) is 6.92 Å². The molecule has 1 fully saturated rings. The van der Waals surface area contributed by atoms with E-state index in [1.165, 1.54) is 25.3 Å². The number of carbonyl (C=O) groups is 3. The highest BCUT2D eigenvalue weighted by atomic mass is 16.6. The standard InChI is InChI=1S/C20H17N3O7/c1-3-30-16-9-4-12(11-17(16)29-2)10-15-18(24)21-20(26)22(19(15)25)13-5-7-14(8-6-13)23(27)28/h4-11H,3H2,1-2H3,(H,21,24,26)/b15-10+. The quantitative estimate of drug-likeness (QED) is 0.335. The molecule has 3 rings (SSSR count). The number of ether oxygens (including phenoxy) is 2. The summed E-state index contributed by atoms with van der Waals surface area (Å²) in [6.45, 7) is 2.26. The fourth-order valence-electron chi connectivity index (χ4n) is 2.83. The molecule has 4 amide bonds. The molecule has 1 aliphatic rings. The molecule has 2 aromatic rings. The zero-order valence-corrected chi connectivity index (χ0v) is 16.1. The molecule has 0 aliphatic carbocycles. The molecule has 0 saturated carbocycles. The van der Waals surface area contributed by atoms with Crippen LogP contribution in [0.15, 0.2) is 48.0 Å². The molecule has 0 unspecified atom stereocenters. The second kappa shape index (κ2) is 8.43. The average molecular weight is 411 g/mol. The first kappa shape index (κ1) is 20.5. The Kier molecular flexibility index (Phi) is 5.77. The van der Waals surface area contributed by atoms with Crippen molar-refractivity contribution >= 4 is 35.3 Å². The molecular weight excluding hydrogens is 394 g/mol. The van der Waals surface area contributed by atoms with Gasteiger partial charge in [0, 0.05) is 12.1 Å². The second-order valence-electron chi connectivity index (χ2n) is 6.07. The molecule has 10 heteroatoms. The number of anilines is 1. The smallest absolute Gasteiger partial charge is 0.335 e. The number of benzene rings is 2. The van der Waals surface area contributed by atoms with Crippen molar-refractivity contribution < 1.29 is 28.8 Å². The number of barbiturate groups is 1. The number of hydrogen-bond acceptors (Lipinski definition) is 7. The third-order valence-corrected chi connectivity index (χ3v) is 4.22. The lowest BCUT2D eigenvalue weighted by Gasteiger charge is -2.26. The number of methoxy groups -OCH3 is 1. The van der Waals surface area contributed by atoms with Crippen molar-refractivity contribution in [3.05, 3.63) is 63.7 Å². The van der Waals surface area contributed by atoms with E-state index in [4.69, 9.17) is 9.47 Å². The first-order valence-electron chi connectivity index (χ1n) is 8.82. The van der Waals surface area contributed by atoms with Gasteiger partial charge in [-0.25, -0.2) is 9.69 Å². The van der Waals surface area contributed by atoms with Crippen molar-refractivity contribution in [1.82, 2.24) is 5.32 Å². The average Bonchev–Trinajstić information content (AvgIpc) is 2.72. The molecule has 2 aromatic carbocycles. The van der Waals surface area contributed by atoms with Gasteiger partial charge in [0.25, 0.3) is 17.5 Å². The van der Waals surface area contributed by atoms with Crippen molar-refractivity contribution in [2.24, 2.45) is 0 Å². The Bertz CT molecular complexity index is 1060. The van der Waals surface area contributed by atoms with Crippen LogP contribution in [0.5, 0.6) is 11.5 Å². The minimum atomic E-state index is -0.944. The highest BCUT2D eigenvalue weighted by molar-refractivity contribution is 6.39. The topological polar surface area (TPSA) is 128 Å². The van der Waals surface area contributed by atoms with Crippen molar-refractivity contribution in [3.63, 3.8) is 0 Å². The Morgan fingerprint density at radius 3 is 2.40 bits per heavy atom. The van der Waals surface area contributed by atoms with Gasteiger partial charge in [-0.15, -0.1) is 0 Å². The van der Waals surface area contributed by atoms with Crippen LogP contribution in [0, 0.1) is 10.1 Å². The summed E-state index contributed by atoms with van der Waals surface area (Å²) in [5.74, 6) is -0.788. The Morgan fingerprint density at radius 2 is 1.80 bits per heavy atom. The number of hydrogen-bond donors (Lipinski definition) is 1. The SMILES string of the molecule is CCOc1ccc(/C=C2\C(=O)NC(=O)N(c3ccc([N+](=O)[O-])cc3)C2=O)cc1OC. The number of carbonyl (C=O) groups excluding carboxylic acids is 3. The van der Waals surface area contributed by atoms with Crippen LogP contribution in [-0.4, -0.2) is 36.5 Å². The summed E-state index contributed by atoms with van der Waals surface area (Å²) in [4.78, 5) is 48.3. The summed E-state index contributed by atoms with van der Waals surface area (Å²) in [7, 11) is 1.46. The van der Waals surface area contributed by atoms with E-state index in [1.54, 1.807) is 18.2 Å². The number of nitrogens with one attached hydrogen (secondary N) is 1. The molecular formula is C20H17N3O7. The highest BCUT2D eigenvalue weighted by Crippen LogP contribution is 2.30. The lowest BCUT2D eigenvalue weighted by atomic mass is 10.1. The maximum Gasteiger partial charge on any atom is 0.335 e. The van der Waals surface area contributed by atoms with E-state index in [9.17, 15) is 24.5 Å². The molecule has 0 bridgehead atoms. The molecule has 154 valence electrons. The molecule has 30 heavy (non-hydrogen) atoms. The Labute approximate surface area is 170 Å². The van der Waals surface area contributed by atoms with Crippen molar-refractivity contribution in [1.29, 1.82) is 0 Å². The van der Waals surface area contributed by atoms with Crippen molar-refractivity contribution in [2.45, 2.75) is 6.92 Å². The Morgan fingerprint density at radius 1 is 1.10 bits per heavy atom. The molecule has 0 spiro atoms. The van der Waals surface area contributed by atoms with Crippen LogP contribution in [0.1, 0.15) is 12.5 Å². The van der Waals surface area contributed by atoms with Crippen molar-refractivity contribution in [2.75, 3.05) is 18.6 Å². The summed E-state index contributed by atoms with van der Waals surface area (Å²) >= 11 is 0. The van der Waals surface area contributed by atoms with E-state index >= 15 is 0 Å². The molecule has 1 saturated heterocycles. The molecule has 1 aliphatic heterocycles. The molecule has 10 nitrogen and oxygen atoms in total. The van der Waals surface area contributed by atoms with Crippen LogP contribution in [-0.2, 0) is 9.59 Å². The van der Waals surface area contributed by atoms with Gasteiger partial charge in [0.05, 0.1) is 24.3 Å². The summed E-state index contributed by atoms with van der Waals surface area (Å²) in [6.07, 6.45) is 1.32. The number of amides is 4. The third kappa shape index (κ3) is 3.97.